The number of nitrogens with zero attached hydrogens (tertiary/aromatic N) is 1. The molecule has 0 saturated carbocycles. The molecule has 3 heteroatoms. The first-order valence-corrected chi connectivity index (χ1v) is 5.64. The van der Waals surface area contributed by atoms with E-state index in [2.05, 4.69) is 6.92 Å². The van der Waals surface area contributed by atoms with Gasteiger partial charge in [-0.1, -0.05) is 13.3 Å². The molecular weight excluding hydrogens is 178 g/mol. The van der Waals surface area contributed by atoms with E-state index in [1.807, 2.05) is 4.90 Å². The Morgan fingerprint density at radius 1 is 1.50 bits per heavy atom. The summed E-state index contributed by atoms with van der Waals surface area (Å²) in [6.07, 6.45) is 5.58. The molecule has 0 aromatic heterocycles. The van der Waals surface area contributed by atoms with Crippen LogP contribution in [0.5, 0.6) is 0 Å². The highest BCUT2D eigenvalue weighted by molar-refractivity contribution is 5.73. The van der Waals surface area contributed by atoms with Crippen LogP contribution >= 0.6 is 0 Å². The molecule has 1 saturated heterocycles. The molecule has 1 rings (SSSR count). The molecular formula is C11H21NO2. The van der Waals surface area contributed by atoms with Crippen LogP contribution in [-0.2, 0) is 9.53 Å². The summed E-state index contributed by atoms with van der Waals surface area (Å²) in [4.78, 5) is 13.1. The molecule has 0 radical (unpaired) electrons. The zero-order valence-electron chi connectivity index (χ0n) is 9.29. The molecule has 1 amide bonds. The van der Waals surface area contributed by atoms with Gasteiger partial charge in [-0.3, -0.25) is 4.79 Å². The maximum absolute atomic E-state index is 11.3. The van der Waals surface area contributed by atoms with Gasteiger partial charge in [-0.2, -0.15) is 0 Å². The van der Waals surface area contributed by atoms with Crippen molar-refractivity contribution in [3.63, 3.8) is 0 Å². The number of ether oxygens (including phenoxy) is 1. The third kappa shape index (κ3) is 3.29. The number of carbonyl (C=O) groups excluding carboxylic acids is 1. The Hall–Kier alpha value is -0.570. The average Bonchev–Trinajstić information content (AvgIpc) is 2.19. The minimum absolute atomic E-state index is 0.0489. The molecule has 1 atom stereocenters. The summed E-state index contributed by atoms with van der Waals surface area (Å²) in [7, 11) is 0. The third-order valence-electron chi connectivity index (χ3n) is 2.66. The maximum Gasteiger partial charge on any atom is 0.221 e. The molecule has 0 N–H and O–H groups in total. The van der Waals surface area contributed by atoms with Gasteiger partial charge in [0.15, 0.2) is 0 Å². The van der Waals surface area contributed by atoms with Gasteiger partial charge in [-0.05, 0) is 25.7 Å². The van der Waals surface area contributed by atoms with Crippen molar-refractivity contribution in [1.82, 2.24) is 4.90 Å². The first-order valence-electron chi connectivity index (χ1n) is 5.64. The van der Waals surface area contributed by atoms with Crippen LogP contribution in [0.25, 0.3) is 0 Å². The number of likely N-dealkylation sites (tertiary alicyclic amines) is 1. The summed E-state index contributed by atoms with van der Waals surface area (Å²) in [5.41, 5.74) is 0. The zero-order chi connectivity index (χ0) is 10.4. The molecule has 1 unspecified atom stereocenters. The van der Waals surface area contributed by atoms with Crippen molar-refractivity contribution in [2.24, 2.45) is 0 Å². The lowest BCUT2D eigenvalue weighted by atomic mass is 10.1. The second-order valence-corrected chi connectivity index (χ2v) is 3.89. The molecule has 1 aliphatic heterocycles. The number of carbonyl (C=O) groups is 1. The number of amides is 1. The number of unbranched alkanes of at least 4 members (excludes halogenated alkanes) is 1. The molecule has 0 bridgehead atoms. The molecule has 3 nitrogen and oxygen atoms in total. The summed E-state index contributed by atoms with van der Waals surface area (Å²) in [6, 6.07) is 0. The molecule has 0 spiro atoms. The third-order valence-corrected chi connectivity index (χ3v) is 2.66. The lowest BCUT2D eigenvalue weighted by Crippen LogP contribution is -2.44. The van der Waals surface area contributed by atoms with Gasteiger partial charge >= 0.3 is 0 Å². The normalized spacial score (nSPS) is 22.4. The lowest BCUT2D eigenvalue weighted by Gasteiger charge is -2.34. The highest BCUT2D eigenvalue weighted by atomic mass is 16.5. The van der Waals surface area contributed by atoms with Crippen molar-refractivity contribution >= 4 is 5.91 Å². The van der Waals surface area contributed by atoms with Crippen LogP contribution < -0.4 is 0 Å². The van der Waals surface area contributed by atoms with E-state index < -0.39 is 0 Å². The van der Waals surface area contributed by atoms with E-state index in [-0.39, 0.29) is 12.1 Å². The summed E-state index contributed by atoms with van der Waals surface area (Å²) in [6.45, 7) is 5.42. The van der Waals surface area contributed by atoms with E-state index in [9.17, 15) is 4.79 Å². The van der Waals surface area contributed by atoms with E-state index >= 15 is 0 Å². The Bertz CT molecular complexity index is 182. The van der Waals surface area contributed by atoms with E-state index in [0.717, 1.165) is 38.8 Å². The van der Waals surface area contributed by atoms with Crippen molar-refractivity contribution in [2.45, 2.75) is 52.2 Å². The smallest absolute Gasteiger partial charge is 0.221 e. The van der Waals surface area contributed by atoms with Crippen molar-refractivity contribution in [1.29, 1.82) is 0 Å². The van der Waals surface area contributed by atoms with Crippen molar-refractivity contribution in [3.05, 3.63) is 0 Å². The molecule has 1 heterocycles. The van der Waals surface area contributed by atoms with Crippen LogP contribution in [0.1, 0.15) is 46.0 Å². The van der Waals surface area contributed by atoms with Crippen LogP contribution in [-0.4, -0.2) is 30.2 Å². The Labute approximate surface area is 86.4 Å². The van der Waals surface area contributed by atoms with Crippen LogP contribution in [0, 0.1) is 0 Å². The van der Waals surface area contributed by atoms with Gasteiger partial charge in [0.1, 0.15) is 6.23 Å². The van der Waals surface area contributed by atoms with E-state index in [1.165, 1.54) is 6.42 Å². The number of hydrogen-bond donors (Lipinski definition) is 0. The summed E-state index contributed by atoms with van der Waals surface area (Å²) in [5, 5.41) is 0. The second-order valence-electron chi connectivity index (χ2n) is 3.89. The molecule has 82 valence electrons. The van der Waals surface area contributed by atoms with Gasteiger partial charge in [0.2, 0.25) is 5.91 Å². The van der Waals surface area contributed by atoms with Crippen molar-refractivity contribution < 1.29 is 9.53 Å². The summed E-state index contributed by atoms with van der Waals surface area (Å²) in [5.74, 6) is 0.145. The Morgan fingerprint density at radius 3 is 2.93 bits per heavy atom. The summed E-state index contributed by atoms with van der Waals surface area (Å²) < 4.78 is 5.70. The quantitative estimate of drug-likeness (QED) is 0.649. The molecule has 0 aromatic rings. The van der Waals surface area contributed by atoms with Gasteiger partial charge in [0.05, 0.1) is 0 Å². The van der Waals surface area contributed by atoms with E-state index in [1.54, 1.807) is 6.92 Å². The highest BCUT2D eigenvalue weighted by Crippen LogP contribution is 2.18. The van der Waals surface area contributed by atoms with Crippen LogP contribution in [0.3, 0.4) is 0 Å². The molecule has 14 heavy (non-hydrogen) atoms. The van der Waals surface area contributed by atoms with E-state index in [0.29, 0.717) is 0 Å². The summed E-state index contributed by atoms with van der Waals surface area (Å²) >= 11 is 0. The fraction of sp³-hybridized carbons (Fsp3) is 0.909. The minimum Gasteiger partial charge on any atom is -0.358 e. The molecule has 1 aliphatic rings. The van der Waals surface area contributed by atoms with E-state index in [4.69, 9.17) is 4.74 Å². The SMILES string of the molecule is CCCCOC1CCCCN1C(C)=O. The van der Waals surface area contributed by atoms with Crippen molar-refractivity contribution in [2.75, 3.05) is 13.2 Å². The van der Waals surface area contributed by atoms with Gasteiger partial charge in [-0.25, -0.2) is 0 Å². The fourth-order valence-corrected chi connectivity index (χ4v) is 1.80. The number of hydrogen-bond acceptors (Lipinski definition) is 2. The lowest BCUT2D eigenvalue weighted by molar-refractivity contribution is -0.148. The first kappa shape index (κ1) is 11.5. The minimum atomic E-state index is 0.0489. The monoisotopic (exact) mass is 199 g/mol. The van der Waals surface area contributed by atoms with Gasteiger partial charge < -0.3 is 9.64 Å². The van der Waals surface area contributed by atoms with Crippen LogP contribution in [0.2, 0.25) is 0 Å². The maximum atomic E-state index is 11.3. The fourth-order valence-electron chi connectivity index (χ4n) is 1.80. The molecule has 0 aliphatic carbocycles. The van der Waals surface area contributed by atoms with Crippen LogP contribution in [0.15, 0.2) is 0 Å². The Morgan fingerprint density at radius 2 is 2.29 bits per heavy atom. The number of piperidine rings is 1. The van der Waals surface area contributed by atoms with Crippen LogP contribution in [0.4, 0.5) is 0 Å². The zero-order valence-corrected chi connectivity index (χ0v) is 9.29. The topological polar surface area (TPSA) is 29.5 Å². The second kappa shape index (κ2) is 6.02. The standard InChI is InChI=1S/C11H21NO2/c1-3-4-9-14-11-7-5-6-8-12(11)10(2)13/h11H,3-9H2,1-2H3. The first-order chi connectivity index (χ1) is 6.75. The highest BCUT2D eigenvalue weighted by Gasteiger charge is 2.24. The van der Waals surface area contributed by atoms with Crippen molar-refractivity contribution in [3.8, 4) is 0 Å². The average molecular weight is 199 g/mol. The predicted molar refractivity (Wildman–Crippen MR) is 55.9 cm³/mol. The predicted octanol–water partition coefficient (Wildman–Crippen LogP) is 2.16. The molecule has 0 aromatic carbocycles. The number of rotatable bonds is 4. The van der Waals surface area contributed by atoms with Gasteiger partial charge in [0.25, 0.3) is 0 Å². The Balaban J connectivity index is 2.34. The van der Waals surface area contributed by atoms with Gasteiger partial charge in [0, 0.05) is 20.1 Å². The van der Waals surface area contributed by atoms with Gasteiger partial charge in [-0.15, -0.1) is 0 Å². The molecule has 1 fully saturated rings. The Kier molecular flexibility index (Phi) is 4.94. The largest absolute Gasteiger partial charge is 0.358 e.